The summed E-state index contributed by atoms with van der Waals surface area (Å²) in [5, 5.41) is 0. The average Bonchev–Trinajstić information content (AvgIpc) is 2.33. The summed E-state index contributed by atoms with van der Waals surface area (Å²) < 4.78 is 36.3. The number of nitrogens with zero attached hydrogens (tertiary/aromatic N) is 3. The van der Waals surface area contributed by atoms with Gasteiger partial charge in [-0.2, -0.15) is 13.2 Å². The minimum atomic E-state index is -4.13. The standard InChI is InChI=1S/C12H23F3N4/c1-18(10-12(13,14)15)7-5-6-17-11(16)19-8-3-2-4-9-19/h2-10H2,1H3,(H2,16,17). The maximum absolute atomic E-state index is 12.1. The van der Waals surface area contributed by atoms with E-state index in [9.17, 15) is 13.2 Å². The summed E-state index contributed by atoms with van der Waals surface area (Å²) in [6.07, 6.45) is -0.0624. The number of hydrogen-bond donors (Lipinski definition) is 1. The molecule has 0 unspecified atom stereocenters. The molecule has 0 amide bonds. The first kappa shape index (κ1) is 16.1. The second kappa shape index (κ2) is 7.57. The van der Waals surface area contributed by atoms with Gasteiger partial charge in [-0.15, -0.1) is 0 Å². The fourth-order valence-corrected chi connectivity index (χ4v) is 2.14. The number of hydrogen-bond acceptors (Lipinski definition) is 2. The van der Waals surface area contributed by atoms with E-state index in [1.165, 1.54) is 18.4 Å². The molecule has 0 radical (unpaired) electrons. The van der Waals surface area contributed by atoms with Gasteiger partial charge in [-0.25, -0.2) is 0 Å². The van der Waals surface area contributed by atoms with Crippen molar-refractivity contribution in [1.82, 2.24) is 9.80 Å². The predicted molar refractivity (Wildman–Crippen MR) is 70.1 cm³/mol. The topological polar surface area (TPSA) is 44.9 Å². The van der Waals surface area contributed by atoms with Gasteiger partial charge in [0.2, 0.25) is 0 Å². The molecule has 1 rings (SSSR count). The van der Waals surface area contributed by atoms with E-state index >= 15 is 0 Å². The summed E-state index contributed by atoms with van der Waals surface area (Å²) in [5.74, 6) is 0.526. The summed E-state index contributed by atoms with van der Waals surface area (Å²) in [6, 6.07) is 0. The zero-order valence-corrected chi connectivity index (χ0v) is 11.4. The van der Waals surface area contributed by atoms with E-state index in [0.29, 0.717) is 25.5 Å². The molecule has 1 saturated heterocycles. The van der Waals surface area contributed by atoms with Gasteiger partial charge in [0.15, 0.2) is 5.96 Å². The van der Waals surface area contributed by atoms with Crippen molar-refractivity contribution in [2.75, 3.05) is 39.8 Å². The monoisotopic (exact) mass is 280 g/mol. The maximum atomic E-state index is 12.1. The molecule has 1 aliphatic heterocycles. The smallest absolute Gasteiger partial charge is 0.370 e. The Morgan fingerprint density at radius 3 is 2.47 bits per heavy atom. The molecule has 0 aromatic heterocycles. The van der Waals surface area contributed by atoms with Crippen LogP contribution in [0.2, 0.25) is 0 Å². The molecule has 1 heterocycles. The molecule has 1 aliphatic rings. The number of nitrogens with two attached hydrogens (primary N) is 1. The molecule has 112 valence electrons. The Balaban J connectivity index is 2.18. The van der Waals surface area contributed by atoms with Crippen molar-refractivity contribution in [3.05, 3.63) is 0 Å². The molecule has 0 aromatic carbocycles. The highest BCUT2D eigenvalue weighted by molar-refractivity contribution is 5.78. The normalized spacial score (nSPS) is 18.2. The lowest BCUT2D eigenvalue weighted by atomic mass is 10.1. The molecular formula is C12H23F3N4. The molecule has 19 heavy (non-hydrogen) atoms. The van der Waals surface area contributed by atoms with Crippen molar-refractivity contribution < 1.29 is 13.2 Å². The molecule has 0 bridgehead atoms. The Hall–Kier alpha value is -0.980. The zero-order valence-electron chi connectivity index (χ0n) is 11.4. The van der Waals surface area contributed by atoms with Crippen LogP contribution in [0, 0.1) is 0 Å². The third-order valence-electron chi connectivity index (χ3n) is 3.10. The van der Waals surface area contributed by atoms with Crippen molar-refractivity contribution in [1.29, 1.82) is 0 Å². The first-order chi connectivity index (χ1) is 8.88. The second-order valence-electron chi connectivity index (χ2n) is 4.99. The highest BCUT2D eigenvalue weighted by Crippen LogP contribution is 2.15. The van der Waals surface area contributed by atoms with E-state index in [1.54, 1.807) is 0 Å². The summed E-state index contributed by atoms with van der Waals surface area (Å²) in [4.78, 5) is 7.53. The van der Waals surface area contributed by atoms with Crippen molar-refractivity contribution in [2.24, 2.45) is 10.7 Å². The number of guanidine groups is 1. The van der Waals surface area contributed by atoms with Crippen molar-refractivity contribution in [3.63, 3.8) is 0 Å². The number of piperidine rings is 1. The van der Waals surface area contributed by atoms with E-state index < -0.39 is 12.7 Å². The van der Waals surface area contributed by atoms with Crippen LogP contribution in [0.4, 0.5) is 13.2 Å². The van der Waals surface area contributed by atoms with Gasteiger partial charge in [0.1, 0.15) is 0 Å². The molecular weight excluding hydrogens is 257 g/mol. The first-order valence-electron chi connectivity index (χ1n) is 6.68. The zero-order chi connectivity index (χ0) is 14.3. The molecule has 0 aromatic rings. The Morgan fingerprint density at radius 2 is 1.89 bits per heavy atom. The Morgan fingerprint density at radius 1 is 1.26 bits per heavy atom. The van der Waals surface area contributed by atoms with Crippen LogP contribution in [0.5, 0.6) is 0 Å². The number of likely N-dealkylation sites (tertiary alicyclic amines) is 1. The SMILES string of the molecule is CN(CCCN=C(N)N1CCCCC1)CC(F)(F)F. The van der Waals surface area contributed by atoms with Gasteiger partial charge in [0.05, 0.1) is 6.54 Å². The third kappa shape index (κ3) is 7.25. The lowest BCUT2D eigenvalue weighted by molar-refractivity contribution is -0.143. The number of halogens is 3. The average molecular weight is 280 g/mol. The quantitative estimate of drug-likeness (QED) is 0.473. The van der Waals surface area contributed by atoms with Gasteiger partial charge in [0.25, 0.3) is 0 Å². The fourth-order valence-electron chi connectivity index (χ4n) is 2.14. The molecule has 2 N–H and O–H groups in total. The largest absolute Gasteiger partial charge is 0.401 e. The second-order valence-corrected chi connectivity index (χ2v) is 4.99. The summed E-state index contributed by atoms with van der Waals surface area (Å²) in [5.41, 5.74) is 5.85. The summed E-state index contributed by atoms with van der Waals surface area (Å²) in [6.45, 7) is 1.84. The minimum absolute atomic E-state index is 0.371. The van der Waals surface area contributed by atoms with Crippen LogP contribution in [0.15, 0.2) is 4.99 Å². The van der Waals surface area contributed by atoms with E-state index in [4.69, 9.17) is 5.73 Å². The van der Waals surface area contributed by atoms with Gasteiger partial charge in [0, 0.05) is 19.6 Å². The Labute approximate surface area is 112 Å². The highest BCUT2D eigenvalue weighted by atomic mass is 19.4. The van der Waals surface area contributed by atoms with Gasteiger partial charge >= 0.3 is 6.18 Å². The number of alkyl halides is 3. The Kier molecular flexibility index (Phi) is 6.41. The lowest BCUT2D eigenvalue weighted by Gasteiger charge is -2.27. The van der Waals surface area contributed by atoms with Gasteiger partial charge in [-0.3, -0.25) is 9.89 Å². The predicted octanol–water partition coefficient (Wildman–Crippen LogP) is 1.67. The van der Waals surface area contributed by atoms with Gasteiger partial charge in [-0.1, -0.05) is 0 Å². The van der Waals surface area contributed by atoms with Crippen LogP contribution in [0.25, 0.3) is 0 Å². The number of aliphatic imine (C=N–C) groups is 1. The third-order valence-corrected chi connectivity index (χ3v) is 3.10. The van der Waals surface area contributed by atoms with E-state index in [0.717, 1.165) is 25.9 Å². The van der Waals surface area contributed by atoms with Crippen LogP contribution in [0.1, 0.15) is 25.7 Å². The molecule has 1 fully saturated rings. The molecule has 4 nitrogen and oxygen atoms in total. The van der Waals surface area contributed by atoms with Gasteiger partial charge < -0.3 is 10.6 Å². The first-order valence-corrected chi connectivity index (χ1v) is 6.68. The van der Waals surface area contributed by atoms with Crippen LogP contribution < -0.4 is 5.73 Å². The molecule has 0 saturated carbocycles. The van der Waals surface area contributed by atoms with E-state index in [-0.39, 0.29) is 0 Å². The van der Waals surface area contributed by atoms with Crippen LogP contribution in [-0.4, -0.2) is 61.7 Å². The minimum Gasteiger partial charge on any atom is -0.370 e. The fraction of sp³-hybridized carbons (Fsp3) is 0.917. The molecule has 7 heteroatoms. The summed E-state index contributed by atoms with van der Waals surface area (Å²) >= 11 is 0. The maximum Gasteiger partial charge on any atom is 0.401 e. The highest BCUT2D eigenvalue weighted by Gasteiger charge is 2.28. The van der Waals surface area contributed by atoms with Crippen molar-refractivity contribution in [3.8, 4) is 0 Å². The van der Waals surface area contributed by atoms with E-state index in [1.807, 2.05) is 4.90 Å². The number of rotatable bonds is 5. The molecule has 0 spiro atoms. The Bertz CT molecular complexity index is 285. The molecule has 0 atom stereocenters. The van der Waals surface area contributed by atoms with Crippen molar-refractivity contribution in [2.45, 2.75) is 31.9 Å². The van der Waals surface area contributed by atoms with Crippen molar-refractivity contribution >= 4 is 5.96 Å². The molecule has 0 aliphatic carbocycles. The van der Waals surface area contributed by atoms with Crippen LogP contribution in [-0.2, 0) is 0 Å². The van der Waals surface area contributed by atoms with E-state index in [2.05, 4.69) is 4.99 Å². The van der Waals surface area contributed by atoms with Crippen LogP contribution >= 0.6 is 0 Å². The van der Waals surface area contributed by atoms with Crippen LogP contribution in [0.3, 0.4) is 0 Å². The van der Waals surface area contributed by atoms with Gasteiger partial charge in [-0.05, 0) is 39.3 Å². The summed E-state index contributed by atoms with van der Waals surface area (Å²) in [7, 11) is 1.46. The lowest BCUT2D eigenvalue weighted by Crippen LogP contribution is -2.41.